The molecule has 1 aromatic carbocycles. The maximum Gasteiger partial charge on any atom is 0.409 e. The maximum atomic E-state index is 12.7. The second kappa shape index (κ2) is 8.99. The van der Waals surface area contributed by atoms with Crippen LogP contribution in [0, 0.1) is 6.92 Å². The number of carbonyl (C=O) groups is 2. The Hall–Kier alpha value is -2.41. The van der Waals surface area contributed by atoms with E-state index in [1.165, 1.54) is 5.56 Å². The SMILES string of the molecule is CCOC(=O)N1CCN(C(=O)Cc2sc(Cc3ccccc3)nc2C)CC1. The fourth-order valence-electron chi connectivity index (χ4n) is 3.10. The van der Waals surface area contributed by atoms with Crippen LogP contribution in [0.3, 0.4) is 0 Å². The van der Waals surface area contributed by atoms with Crippen LogP contribution in [0.25, 0.3) is 0 Å². The van der Waals surface area contributed by atoms with E-state index in [1.807, 2.05) is 30.0 Å². The highest BCUT2D eigenvalue weighted by atomic mass is 32.1. The average molecular weight is 388 g/mol. The molecule has 1 fully saturated rings. The molecule has 0 unspecified atom stereocenters. The number of amides is 2. The number of aromatic nitrogens is 1. The van der Waals surface area contributed by atoms with Crippen molar-refractivity contribution in [3.8, 4) is 0 Å². The summed E-state index contributed by atoms with van der Waals surface area (Å²) in [7, 11) is 0. The normalized spacial score (nSPS) is 14.3. The van der Waals surface area contributed by atoms with Gasteiger partial charge in [-0.25, -0.2) is 9.78 Å². The molecule has 0 atom stereocenters. The molecule has 0 spiro atoms. The summed E-state index contributed by atoms with van der Waals surface area (Å²) >= 11 is 1.62. The molecule has 1 aromatic heterocycles. The summed E-state index contributed by atoms with van der Waals surface area (Å²) in [6, 6.07) is 10.2. The van der Waals surface area contributed by atoms with E-state index >= 15 is 0 Å². The molecule has 2 aromatic rings. The first-order chi connectivity index (χ1) is 13.1. The van der Waals surface area contributed by atoms with Crippen molar-refractivity contribution >= 4 is 23.3 Å². The number of thiazole rings is 1. The monoisotopic (exact) mass is 387 g/mol. The Bertz CT molecular complexity index is 783. The Balaban J connectivity index is 1.55. The van der Waals surface area contributed by atoms with Gasteiger partial charge in [-0.1, -0.05) is 30.3 Å². The van der Waals surface area contributed by atoms with Crippen LogP contribution in [0.1, 0.15) is 28.1 Å². The second-order valence-electron chi connectivity index (χ2n) is 6.52. The van der Waals surface area contributed by atoms with E-state index < -0.39 is 0 Å². The van der Waals surface area contributed by atoms with Gasteiger partial charge in [0.25, 0.3) is 0 Å². The lowest BCUT2D eigenvalue weighted by atomic mass is 10.2. The molecule has 0 saturated carbocycles. The molecule has 0 aliphatic carbocycles. The largest absolute Gasteiger partial charge is 0.450 e. The first-order valence-corrected chi connectivity index (χ1v) is 10.1. The third-order valence-corrected chi connectivity index (χ3v) is 5.76. The standard InChI is InChI=1S/C20H25N3O3S/c1-3-26-20(25)23-11-9-22(10-12-23)19(24)14-17-15(2)21-18(27-17)13-16-7-5-4-6-8-16/h4-8H,3,9-14H2,1-2H3. The predicted molar refractivity (Wildman–Crippen MR) is 105 cm³/mol. The Morgan fingerprint density at radius 1 is 1.11 bits per heavy atom. The van der Waals surface area contributed by atoms with Gasteiger partial charge in [0.1, 0.15) is 0 Å². The Labute approximate surface area is 163 Å². The van der Waals surface area contributed by atoms with Crippen LogP contribution in [0.4, 0.5) is 4.79 Å². The molecule has 144 valence electrons. The topological polar surface area (TPSA) is 62.7 Å². The highest BCUT2D eigenvalue weighted by Gasteiger charge is 2.25. The molecular formula is C20H25N3O3S. The number of ether oxygens (including phenoxy) is 1. The van der Waals surface area contributed by atoms with Crippen molar-refractivity contribution < 1.29 is 14.3 Å². The minimum absolute atomic E-state index is 0.0940. The molecule has 1 aliphatic rings. The van der Waals surface area contributed by atoms with Crippen molar-refractivity contribution in [1.82, 2.24) is 14.8 Å². The zero-order chi connectivity index (χ0) is 19.2. The molecule has 3 rings (SSSR count). The van der Waals surface area contributed by atoms with Gasteiger partial charge in [-0.3, -0.25) is 4.79 Å². The van der Waals surface area contributed by atoms with E-state index in [0.29, 0.717) is 39.2 Å². The molecule has 1 saturated heterocycles. The van der Waals surface area contributed by atoms with Gasteiger partial charge in [0.05, 0.1) is 23.7 Å². The summed E-state index contributed by atoms with van der Waals surface area (Å²) in [6.07, 6.45) is 0.865. The minimum atomic E-state index is -0.298. The van der Waals surface area contributed by atoms with Crippen molar-refractivity contribution in [3.63, 3.8) is 0 Å². The van der Waals surface area contributed by atoms with Gasteiger partial charge in [0, 0.05) is 37.5 Å². The molecular weight excluding hydrogens is 362 g/mol. The van der Waals surface area contributed by atoms with Gasteiger partial charge in [0.15, 0.2) is 0 Å². The molecule has 6 nitrogen and oxygen atoms in total. The second-order valence-corrected chi connectivity index (χ2v) is 7.69. The summed E-state index contributed by atoms with van der Waals surface area (Å²) < 4.78 is 5.02. The Morgan fingerprint density at radius 2 is 1.78 bits per heavy atom. The van der Waals surface area contributed by atoms with E-state index in [9.17, 15) is 9.59 Å². The van der Waals surface area contributed by atoms with E-state index in [1.54, 1.807) is 23.2 Å². The summed E-state index contributed by atoms with van der Waals surface area (Å²) in [5, 5.41) is 1.04. The van der Waals surface area contributed by atoms with E-state index in [-0.39, 0.29) is 12.0 Å². The third-order valence-electron chi connectivity index (χ3n) is 4.61. The van der Waals surface area contributed by atoms with Crippen LogP contribution < -0.4 is 0 Å². The van der Waals surface area contributed by atoms with E-state index in [0.717, 1.165) is 22.0 Å². The molecule has 0 N–H and O–H groups in total. The number of benzene rings is 1. The highest BCUT2D eigenvalue weighted by molar-refractivity contribution is 7.11. The Morgan fingerprint density at radius 3 is 2.44 bits per heavy atom. The number of rotatable bonds is 5. The van der Waals surface area contributed by atoms with Crippen LogP contribution in [0.2, 0.25) is 0 Å². The van der Waals surface area contributed by atoms with Crippen molar-refractivity contribution in [2.24, 2.45) is 0 Å². The van der Waals surface area contributed by atoms with Gasteiger partial charge < -0.3 is 14.5 Å². The summed E-state index contributed by atoms with van der Waals surface area (Å²) in [4.78, 5) is 33.6. The van der Waals surface area contributed by atoms with Crippen molar-refractivity contribution in [3.05, 3.63) is 51.5 Å². The number of hydrogen-bond donors (Lipinski definition) is 0. The number of piperazine rings is 1. The van der Waals surface area contributed by atoms with Crippen LogP contribution in [-0.2, 0) is 22.4 Å². The van der Waals surface area contributed by atoms with Gasteiger partial charge >= 0.3 is 6.09 Å². The molecule has 27 heavy (non-hydrogen) atoms. The summed E-state index contributed by atoms with van der Waals surface area (Å²) in [6.45, 7) is 6.26. The molecule has 2 amide bonds. The molecule has 0 bridgehead atoms. The van der Waals surface area contributed by atoms with Crippen molar-refractivity contribution in [2.75, 3.05) is 32.8 Å². The predicted octanol–water partition coefficient (Wildman–Crippen LogP) is 2.89. The number of hydrogen-bond acceptors (Lipinski definition) is 5. The summed E-state index contributed by atoms with van der Waals surface area (Å²) in [5.74, 6) is 0.0940. The van der Waals surface area contributed by atoms with Crippen LogP contribution in [0.15, 0.2) is 30.3 Å². The molecule has 1 aliphatic heterocycles. The fourth-order valence-corrected chi connectivity index (χ4v) is 4.20. The first kappa shape index (κ1) is 19.4. The lowest BCUT2D eigenvalue weighted by Crippen LogP contribution is -2.51. The van der Waals surface area contributed by atoms with Crippen LogP contribution in [-0.4, -0.2) is 59.6 Å². The van der Waals surface area contributed by atoms with Crippen LogP contribution in [0.5, 0.6) is 0 Å². The minimum Gasteiger partial charge on any atom is -0.450 e. The zero-order valence-electron chi connectivity index (χ0n) is 15.8. The fraction of sp³-hybridized carbons (Fsp3) is 0.450. The number of nitrogens with zero attached hydrogens (tertiary/aromatic N) is 3. The van der Waals surface area contributed by atoms with Gasteiger partial charge in [-0.2, -0.15) is 0 Å². The van der Waals surface area contributed by atoms with Gasteiger partial charge in [0.2, 0.25) is 5.91 Å². The quantitative estimate of drug-likeness (QED) is 0.791. The van der Waals surface area contributed by atoms with Crippen LogP contribution >= 0.6 is 11.3 Å². The smallest absolute Gasteiger partial charge is 0.409 e. The van der Waals surface area contributed by atoms with Gasteiger partial charge in [-0.05, 0) is 19.4 Å². The maximum absolute atomic E-state index is 12.7. The van der Waals surface area contributed by atoms with Crippen molar-refractivity contribution in [2.45, 2.75) is 26.7 Å². The number of aryl methyl sites for hydroxylation is 1. The van der Waals surface area contributed by atoms with E-state index in [4.69, 9.17) is 4.74 Å². The first-order valence-electron chi connectivity index (χ1n) is 9.25. The zero-order valence-corrected chi connectivity index (χ0v) is 16.6. The molecule has 0 radical (unpaired) electrons. The third kappa shape index (κ3) is 5.07. The average Bonchev–Trinajstić information content (AvgIpc) is 3.01. The summed E-state index contributed by atoms with van der Waals surface area (Å²) in [5.41, 5.74) is 2.16. The highest BCUT2D eigenvalue weighted by Crippen LogP contribution is 2.22. The lowest BCUT2D eigenvalue weighted by Gasteiger charge is -2.34. The Kier molecular flexibility index (Phi) is 6.45. The van der Waals surface area contributed by atoms with Gasteiger partial charge in [-0.15, -0.1) is 11.3 Å². The molecule has 7 heteroatoms. The van der Waals surface area contributed by atoms with Crippen molar-refractivity contribution in [1.29, 1.82) is 0 Å². The van der Waals surface area contributed by atoms with E-state index in [2.05, 4.69) is 17.1 Å². The number of carbonyl (C=O) groups excluding carboxylic acids is 2. The lowest BCUT2D eigenvalue weighted by molar-refractivity contribution is -0.132. The molecule has 2 heterocycles.